The maximum absolute atomic E-state index is 12.4. The van der Waals surface area contributed by atoms with Crippen LogP contribution in [0.5, 0.6) is 0 Å². The van der Waals surface area contributed by atoms with Crippen LogP contribution in [0.25, 0.3) is 0 Å². The number of thioether (sulfide) groups is 1. The van der Waals surface area contributed by atoms with E-state index >= 15 is 0 Å². The van der Waals surface area contributed by atoms with Gasteiger partial charge in [0.15, 0.2) is 0 Å². The molecule has 1 saturated heterocycles. The van der Waals surface area contributed by atoms with E-state index < -0.39 is 12.0 Å². The quantitative estimate of drug-likeness (QED) is 0.814. The molecule has 0 spiro atoms. The lowest BCUT2D eigenvalue weighted by Crippen LogP contribution is -2.47. The average molecular weight is 297 g/mol. The van der Waals surface area contributed by atoms with E-state index in [0.717, 1.165) is 18.4 Å². The highest BCUT2D eigenvalue weighted by molar-refractivity contribution is 8.00. The van der Waals surface area contributed by atoms with Gasteiger partial charge < -0.3 is 10.0 Å². The maximum atomic E-state index is 12.4. The van der Waals surface area contributed by atoms with Crippen molar-refractivity contribution in [1.29, 1.82) is 0 Å². The Balaban J connectivity index is 2.19. The van der Waals surface area contributed by atoms with Gasteiger partial charge in [-0.15, -0.1) is 11.8 Å². The van der Waals surface area contributed by atoms with E-state index in [1.165, 1.54) is 19.3 Å². The Labute approximate surface area is 124 Å². The Morgan fingerprint density at radius 1 is 1.20 bits per heavy atom. The Morgan fingerprint density at radius 3 is 2.40 bits per heavy atom. The summed E-state index contributed by atoms with van der Waals surface area (Å²) in [7, 11) is 0. The Kier molecular flexibility index (Phi) is 5.13. The van der Waals surface area contributed by atoms with Crippen molar-refractivity contribution in [2.24, 2.45) is 5.92 Å². The van der Waals surface area contributed by atoms with E-state index in [4.69, 9.17) is 0 Å². The van der Waals surface area contributed by atoms with E-state index in [2.05, 4.69) is 0 Å². The van der Waals surface area contributed by atoms with Crippen LogP contribution in [-0.4, -0.2) is 39.1 Å². The first kappa shape index (κ1) is 15.4. The molecule has 1 aliphatic carbocycles. The molecule has 0 aromatic rings. The van der Waals surface area contributed by atoms with E-state index in [1.54, 1.807) is 22.7 Å². The molecule has 1 saturated carbocycles. The number of aliphatic carboxylic acids is 1. The van der Waals surface area contributed by atoms with E-state index in [-0.39, 0.29) is 11.3 Å². The van der Waals surface area contributed by atoms with Gasteiger partial charge in [-0.3, -0.25) is 4.79 Å². The highest BCUT2D eigenvalue weighted by Crippen LogP contribution is 2.40. The number of amides is 1. The number of carboxylic acid groups (broad SMARTS) is 1. The smallest absolute Gasteiger partial charge is 0.327 e. The van der Waals surface area contributed by atoms with Gasteiger partial charge in [0.1, 0.15) is 6.04 Å². The summed E-state index contributed by atoms with van der Waals surface area (Å²) in [5, 5.41) is 9.40. The summed E-state index contributed by atoms with van der Waals surface area (Å²) >= 11 is 1.64. The Bertz CT molecular complexity index is 411. The van der Waals surface area contributed by atoms with Crippen LogP contribution in [0.1, 0.15) is 46.0 Å². The molecule has 20 heavy (non-hydrogen) atoms. The molecule has 0 aromatic heterocycles. The monoisotopic (exact) mass is 297 g/mol. The summed E-state index contributed by atoms with van der Waals surface area (Å²) in [4.78, 5) is 25.4. The van der Waals surface area contributed by atoms with Crippen molar-refractivity contribution in [2.75, 3.05) is 5.75 Å². The SMILES string of the molecule is CC(C)=CC(=O)N1[C@@H](C(=O)O)CS[C@@H]1C1CCCCC1. The fraction of sp³-hybridized carbons (Fsp3) is 0.733. The minimum absolute atomic E-state index is 0.0412. The second-order valence-electron chi connectivity index (χ2n) is 5.94. The van der Waals surface area contributed by atoms with Crippen LogP contribution in [0, 0.1) is 5.92 Å². The number of rotatable bonds is 3. The Morgan fingerprint density at radius 2 is 1.85 bits per heavy atom. The first-order valence-electron chi connectivity index (χ1n) is 7.32. The molecule has 2 atom stereocenters. The molecular formula is C15H23NO3S. The van der Waals surface area contributed by atoms with Crippen molar-refractivity contribution < 1.29 is 14.7 Å². The number of carbonyl (C=O) groups is 2. The zero-order valence-corrected chi connectivity index (χ0v) is 13.0. The van der Waals surface area contributed by atoms with Crippen LogP contribution in [-0.2, 0) is 9.59 Å². The minimum Gasteiger partial charge on any atom is -0.480 e. The summed E-state index contributed by atoms with van der Waals surface area (Å²) < 4.78 is 0. The van der Waals surface area contributed by atoms with Gasteiger partial charge in [-0.05, 0) is 32.6 Å². The molecule has 0 aromatic carbocycles. The lowest BCUT2D eigenvalue weighted by atomic mass is 9.88. The molecule has 1 amide bonds. The molecule has 2 fully saturated rings. The van der Waals surface area contributed by atoms with Crippen molar-refractivity contribution in [3.8, 4) is 0 Å². The molecule has 4 nitrogen and oxygen atoms in total. The second kappa shape index (κ2) is 6.66. The standard InChI is InChI=1S/C15H23NO3S/c1-10(2)8-13(17)16-12(15(18)19)9-20-14(16)11-6-4-3-5-7-11/h8,11-12,14H,3-7,9H2,1-2H3,(H,18,19)/t12-,14-/m1/s1. The van der Waals surface area contributed by atoms with Crippen molar-refractivity contribution in [1.82, 2.24) is 4.90 Å². The summed E-state index contributed by atoms with van der Waals surface area (Å²) in [6.07, 6.45) is 7.45. The topological polar surface area (TPSA) is 57.6 Å². The highest BCUT2D eigenvalue weighted by Gasteiger charge is 2.44. The second-order valence-corrected chi connectivity index (χ2v) is 7.09. The van der Waals surface area contributed by atoms with Crippen molar-refractivity contribution in [3.63, 3.8) is 0 Å². The number of carboxylic acids is 1. The van der Waals surface area contributed by atoms with Gasteiger partial charge in [0.25, 0.3) is 0 Å². The van der Waals surface area contributed by atoms with Crippen molar-refractivity contribution in [3.05, 3.63) is 11.6 Å². The molecule has 1 aliphatic heterocycles. The normalized spacial score (nSPS) is 27.4. The van der Waals surface area contributed by atoms with Crippen molar-refractivity contribution >= 4 is 23.6 Å². The fourth-order valence-corrected chi connectivity index (χ4v) is 4.74. The first-order chi connectivity index (χ1) is 9.50. The molecule has 112 valence electrons. The molecule has 0 unspecified atom stereocenters. The minimum atomic E-state index is -0.883. The predicted octanol–water partition coefficient (Wildman–Crippen LogP) is 2.89. The number of hydrogen-bond donors (Lipinski definition) is 1. The molecule has 1 N–H and O–H groups in total. The molecule has 0 bridgehead atoms. The van der Waals surface area contributed by atoms with Crippen LogP contribution < -0.4 is 0 Å². The summed E-state index contributed by atoms with van der Waals surface area (Å²) in [6, 6.07) is -0.671. The predicted molar refractivity (Wildman–Crippen MR) is 80.5 cm³/mol. The van der Waals surface area contributed by atoms with Crippen LogP contribution in [0.4, 0.5) is 0 Å². The average Bonchev–Trinajstić information content (AvgIpc) is 2.83. The van der Waals surface area contributed by atoms with Gasteiger partial charge >= 0.3 is 5.97 Å². The molecule has 2 rings (SSSR count). The molecular weight excluding hydrogens is 274 g/mol. The summed E-state index contributed by atoms with van der Waals surface area (Å²) in [5.41, 5.74) is 0.915. The van der Waals surface area contributed by atoms with Gasteiger partial charge in [-0.2, -0.15) is 0 Å². The van der Waals surface area contributed by atoms with E-state index in [1.807, 2.05) is 13.8 Å². The van der Waals surface area contributed by atoms with Gasteiger partial charge in [-0.1, -0.05) is 24.8 Å². The third kappa shape index (κ3) is 3.37. The van der Waals surface area contributed by atoms with Gasteiger partial charge in [0.2, 0.25) is 5.91 Å². The van der Waals surface area contributed by atoms with Crippen LogP contribution in [0.2, 0.25) is 0 Å². The molecule has 2 aliphatic rings. The van der Waals surface area contributed by atoms with Crippen molar-refractivity contribution in [2.45, 2.75) is 57.4 Å². The number of nitrogens with zero attached hydrogens (tertiary/aromatic N) is 1. The molecule has 5 heteroatoms. The van der Waals surface area contributed by atoms with Gasteiger partial charge in [0, 0.05) is 11.8 Å². The number of carbonyl (C=O) groups excluding carboxylic acids is 1. The largest absolute Gasteiger partial charge is 0.480 e. The number of hydrogen-bond acceptors (Lipinski definition) is 3. The van der Waals surface area contributed by atoms with Gasteiger partial charge in [-0.25, -0.2) is 4.79 Å². The lowest BCUT2D eigenvalue weighted by Gasteiger charge is -2.34. The summed E-state index contributed by atoms with van der Waals surface area (Å²) in [5.74, 6) is -0.0596. The van der Waals surface area contributed by atoms with E-state index in [9.17, 15) is 14.7 Å². The number of allylic oxidation sites excluding steroid dienone is 1. The van der Waals surface area contributed by atoms with Gasteiger partial charge in [0.05, 0.1) is 5.37 Å². The fourth-order valence-electron chi connectivity index (χ4n) is 3.10. The first-order valence-corrected chi connectivity index (χ1v) is 8.37. The zero-order chi connectivity index (χ0) is 14.7. The van der Waals surface area contributed by atoms with Crippen LogP contribution in [0.3, 0.4) is 0 Å². The van der Waals surface area contributed by atoms with Crippen LogP contribution in [0.15, 0.2) is 11.6 Å². The zero-order valence-electron chi connectivity index (χ0n) is 12.2. The summed E-state index contributed by atoms with van der Waals surface area (Å²) in [6.45, 7) is 3.74. The maximum Gasteiger partial charge on any atom is 0.327 e. The molecule has 0 radical (unpaired) electrons. The third-order valence-electron chi connectivity index (χ3n) is 4.04. The Hall–Kier alpha value is -0.970. The lowest BCUT2D eigenvalue weighted by molar-refractivity contribution is -0.147. The third-order valence-corrected chi connectivity index (χ3v) is 5.50. The molecule has 1 heterocycles. The van der Waals surface area contributed by atoms with E-state index in [0.29, 0.717) is 11.7 Å². The van der Waals surface area contributed by atoms with Crippen LogP contribution >= 0.6 is 11.8 Å². The highest BCUT2D eigenvalue weighted by atomic mass is 32.2.